The molecule has 0 aliphatic carbocycles. The zero-order chi connectivity index (χ0) is 22.3. The van der Waals surface area contributed by atoms with E-state index in [1.165, 1.54) is 11.3 Å². The molecule has 168 valence electrons. The molecule has 0 radical (unpaired) electrons. The number of hydrogen-bond donors (Lipinski definition) is 2. The number of rotatable bonds is 8. The molecule has 2 aromatic heterocycles. The third kappa shape index (κ3) is 6.17. The van der Waals surface area contributed by atoms with E-state index < -0.39 is 0 Å². The van der Waals surface area contributed by atoms with Crippen LogP contribution in [0.15, 0.2) is 42.6 Å². The van der Waals surface area contributed by atoms with Gasteiger partial charge in [-0.05, 0) is 49.4 Å². The number of morpholine rings is 1. The summed E-state index contributed by atoms with van der Waals surface area (Å²) in [6.45, 7) is 5.11. The lowest BCUT2D eigenvalue weighted by molar-refractivity contribution is 0.0374. The van der Waals surface area contributed by atoms with Crippen molar-refractivity contribution in [2.45, 2.75) is 6.42 Å². The van der Waals surface area contributed by atoms with Gasteiger partial charge in [-0.3, -0.25) is 9.69 Å². The van der Waals surface area contributed by atoms with Gasteiger partial charge in [-0.15, -0.1) is 11.3 Å². The fourth-order valence-electron chi connectivity index (χ4n) is 3.31. The van der Waals surface area contributed by atoms with Crippen LogP contribution in [0, 0.1) is 0 Å². The van der Waals surface area contributed by atoms with Crippen LogP contribution in [0.25, 0.3) is 10.6 Å². The normalized spacial score (nSPS) is 14.3. The van der Waals surface area contributed by atoms with E-state index in [9.17, 15) is 4.79 Å². The SMILES string of the molecule is O=C(NCCCN1CCOCC1)c1ccc(Nc2ncc(Cl)c(-c3ccc(Cl)s3)n2)cc1. The van der Waals surface area contributed by atoms with Crippen molar-refractivity contribution in [1.82, 2.24) is 20.2 Å². The second kappa shape index (κ2) is 11.1. The molecule has 1 amide bonds. The van der Waals surface area contributed by atoms with Crippen molar-refractivity contribution in [1.29, 1.82) is 0 Å². The Balaban J connectivity index is 1.30. The Kier molecular flexibility index (Phi) is 7.94. The monoisotopic (exact) mass is 491 g/mol. The minimum Gasteiger partial charge on any atom is -0.379 e. The van der Waals surface area contributed by atoms with Gasteiger partial charge in [-0.25, -0.2) is 9.97 Å². The Labute approximate surface area is 200 Å². The first kappa shape index (κ1) is 22.9. The molecule has 7 nitrogen and oxygen atoms in total. The van der Waals surface area contributed by atoms with Crippen molar-refractivity contribution in [3.8, 4) is 10.6 Å². The molecule has 3 heterocycles. The predicted molar refractivity (Wildman–Crippen MR) is 129 cm³/mol. The molecule has 1 aromatic carbocycles. The Bertz CT molecular complexity index is 1050. The summed E-state index contributed by atoms with van der Waals surface area (Å²) in [5.74, 6) is 0.326. The lowest BCUT2D eigenvalue weighted by atomic mass is 10.2. The number of amides is 1. The van der Waals surface area contributed by atoms with Gasteiger partial charge >= 0.3 is 0 Å². The topological polar surface area (TPSA) is 79.4 Å². The molecule has 2 N–H and O–H groups in total. The molecule has 1 saturated heterocycles. The molecule has 0 unspecified atom stereocenters. The third-order valence-corrected chi connectivity index (χ3v) is 6.51. The van der Waals surface area contributed by atoms with Crippen LogP contribution in [-0.4, -0.2) is 60.2 Å². The van der Waals surface area contributed by atoms with E-state index in [-0.39, 0.29) is 5.91 Å². The quantitative estimate of drug-likeness (QED) is 0.444. The molecule has 1 aliphatic rings. The van der Waals surface area contributed by atoms with Crippen LogP contribution in [0.2, 0.25) is 9.36 Å². The number of hydrogen-bond acceptors (Lipinski definition) is 7. The summed E-state index contributed by atoms with van der Waals surface area (Å²) in [6, 6.07) is 10.9. The highest BCUT2D eigenvalue weighted by atomic mass is 35.5. The van der Waals surface area contributed by atoms with Crippen LogP contribution in [-0.2, 0) is 4.74 Å². The molecule has 0 saturated carbocycles. The Morgan fingerprint density at radius 1 is 1.12 bits per heavy atom. The van der Waals surface area contributed by atoms with Gasteiger partial charge in [0.15, 0.2) is 0 Å². The number of carbonyl (C=O) groups excluding carboxylic acids is 1. The van der Waals surface area contributed by atoms with E-state index in [1.54, 1.807) is 24.4 Å². The van der Waals surface area contributed by atoms with Crippen molar-refractivity contribution in [2.24, 2.45) is 0 Å². The van der Waals surface area contributed by atoms with Gasteiger partial charge in [0, 0.05) is 30.9 Å². The van der Waals surface area contributed by atoms with Crippen LogP contribution in [0.3, 0.4) is 0 Å². The van der Waals surface area contributed by atoms with Crippen LogP contribution in [0.5, 0.6) is 0 Å². The maximum Gasteiger partial charge on any atom is 0.251 e. The largest absolute Gasteiger partial charge is 0.379 e. The second-order valence-electron chi connectivity index (χ2n) is 7.26. The molecular formula is C22H23Cl2N5O2S. The molecule has 32 heavy (non-hydrogen) atoms. The van der Waals surface area contributed by atoms with Crippen molar-refractivity contribution in [3.63, 3.8) is 0 Å². The fraction of sp³-hybridized carbons (Fsp3) is 0.318. The van der Waals surface area contributed by atoms with Gasteiger partial charge < -0.3 is 15.4 Å². The molecule has 0 spiro atoms. The predicted octanol–water partition coefficient (Wildman–Crippen LogP) is 4.71. The average Bonchev–Trinajstić information content (AvgIpc) is 3.25. The van der Waals surface area contributed by atoms with Gasteiger partial charge in [-0.2, -0.15) is 0 Å². The number of nitrogens with one attached hydrogen (secondary N) is 2. The highest BCUT2D eigenvalue weighted by Gasteiger charge is 2.12. The maximum atomic E-state index is 12.4. The standard InChI is InChI=1S/C22H23Cl2N5O2S/c23-17-14-26-22(28-20(17)18-6-7-19(24)32-18)27-16-4-2-15(3-5-16)21(30)25-8-1-9-29-10-12-31-13-11-29/h2-7,14H,1,8-13H2,(H,25,30)(H,26,27,28). The zero-order valence-corrected chi connectivity index (χ0v) is 19.6. The van der Waals surface area contributed by atoms with Gasteiger partial charge in [0.1, 0.15) is 5.69 Å². The summed E-state index contributed by atoms with van der Waals surface area (Å²) in [6.07, 6.45) is 2.47. The fourth-order valence-corrected chi connectivity index (χ4v) is 4.60. The lowest BCUT2D eigenvalue weighted by Crippen LogP contribution is -2.38. The van der Waals surface area contributed by atoms with E-state index in [1.807, 2.05) is 18.2 Å². The van der Waals surface area contributed by atoms with Gasteiger partial charge in [0.2, 0.25) is 5.95 Å². The maximum absolute atomic E-state index is 12.4. The van der Waals surface area contributed by atoms with Crippen molar-refractivity contribution < 1.29 is 9.53 Å². The van der Waals surface area contributed by atoms with Crippen molar-refractivity contribution >= 4 is 52.1 Å². The van der Waals surface area contributed by atoms with Gasteiger partial charge in [0.05, 0.1) is 33.6 Å². The first-order chi connectivity index (χ1) is 15.6. The molecule has 1 fully saturated rings. The highest BCUT2D eigenvalue weighted by Crippen LogP contribution is 2.34. The van der Waals surface area contributed by atoms with E-state index in [4.69, 9.17) is 27.9 Å². The van der Waals surface area contributed by atoms with E-state index in [0.29, 0.717) is 33.1 Å². The molecule has 0 bridgehead atoms. The summed E-state index contributed by atoms with van der Waals surface area (Å²) >= 11 is 13.7. The molecular weight excluding hydrogens is 469 g/mol. The number of benzene rings is 1. The van der Waals surface area contributed by atoms with Crippen LogP contribution >= 0.6 is 34.5 Å². The minimum atomic E-state index is -0.0851. The molecule has 10 heteroatoms. The van der Waals surface area contributed by atoms with Crippen LogP contribution in [0.1, 0.15) is 16.8 Å². The van der Waals surface area contributed by atoms with Crippen molar-refractivity contribution in [2.75, 3.05) is 44.7 Å². The number of nitrogens with zero attached hydrogens (tertiary/aromatic N) is 3. The third-order valence-electron chi connectivity index (χ3n) is 4.99. The van der Waals surface area contributed by atoms with E-state index in [0.717, 1.165) is 49.8 Å². The Morgan fingerprint density at radius 3 is 2.62 bits per heavy atom. The summed E-state index contributed by atoms with van der Waals surface area (Å²) in [4.78, 5) is 24.4. The zero-order valence-electron chi connectivity index (χ0n) is 17.3. The molecule has 0 atom stereocenters. The van der Waals surface area contributed by atoms with E-state index >= 15 is 0 Å². The van der Waals surface area contributed by atoms with Gasteiger partial charge in [-0.1, -0.05) is 23.2 Å². The smallest absolute Gasteiger partial charge is 0.251 e. The van der Waals surface area contributed by atoms with Crippen molar-refractivity contribution in [3.05, 3.63) is 57.5 Å². The molecule has 1 aliphatic heterocycles. The number of aromatic nitrogens is 2. The number of ether oxygens (including phenoxy) is 1. The number of halogens is 2. The highest BCUT2D eigenvalue weighted by molar-refractivity contribution is 7.19. The number of carbonyl (C=O) groups is 1. The lowest BCUT2D eigenvalue weighted by Gasteiger charge is -2.26. The Hall–Kier alpha value is -2.23. The first-order valence-electron chi connectivity index (χ1n) is 10.3. The first-order valence-corrected chi connectivity index (χ1v) is 11.9. The minimum absolute atomic E-state index is 0.0851. The summed E-state index contributed by atoms with van der Waals surface area (Å²) < 4.78 is 6.01. The van der Waals surface area contributed by atoms with Gasteiger partial charge in [0.25, 0.3) is 5.91 Å². The average molecular weight is 492 g/mol. The van der Waals surface area contributed by atoms with Crippen LogP contribution in [0.4, 0.5) is 11.6 Å². The Morgan fingerprint density at radius 2 is 1.91 bits per heavy atom. The molecule has 3 aromatic rings. The number of thiophene rings is 1. The summed E-state index contributed by atoms with van der Waals surface area (Å²) in [5, 5.41) is 6.57. The summed E-state index contributed by atoms with van der Waals surface area (Å²) in [5.41, 5.74) is 1.99. The second-order valence-corrected chi connectivity index (χ2v) is 9.38. The van der Waals surface area contributed by atoms with Crippen LogP contribution < -0.4 is 10.6 Å². The molecule has 4 rings (SSSR count). The van der Waals surface area contributed by atoms with E-state index in [2.05, 4.69) is 25.5 Å². The number of anilines is 2. The summed E-state index contributed by atoms with van der Waals surface area (Å²) in [7, 11) is 0.